The van der Waals surface area contributed by atoms with Crippen LogP contribution >= 0.6 is 0 Å². The van der Waals surface area contributed by atoms with Gasteiger partial charge in [0.1, 0.15) is 11.9 Å². The van der Waals surface area contributed by atoms with E-state index in [-0.39, 0.29) is 12.1 Å². The van der Waals surface area contributed by atoms with Crippen molar-refractivity contribution < 1.29 is 9.53 Å². The molecule has 1 unspecified atom stereocenters. The molecule has 0 radical (unpaired) electrons. The van der Waals surface area contributed by atoms with Gasteiger partial charge in [0.2, 0.25) is 0 Å². The van der Waals surface area contributed by atoms with Crippen LogP contribution in [-0.4, -0.2) is 58.9 Å². The van der Waals surface area contributed by atoms with Crippen LogP contribution in [0.3, 0.4) is 0 Å². The lowest BCUT2D eigenvalue weighted by atomic mass is 9.98. The molecule has 0 bridgehead atoms. The smallest absolute Gasteiger partial charge is 0.253 e. The van der Waals surface area contributed by atoms with Crippen molar-refractivity contribution in [1.29, 1.82) is 0 Å². The van der Waals surface area contributed by atoms with E-state index in [4.69, 9.17) is 9.73 Å². The molecule has 3 aliphatic rings. The van der Waals surface area contributed by atoms with Crippen LogP contribution in [0.5, 0.6) is 5.75 Å². The van der Waals surface area contributed by atoms with Gasteiger partial charge in [0.25, 0.3) is 5.91 Å². The molecular weight excluding hydrogens is 460 g/mol. The van der Waals surface area contributed by atoms with E-state index in [1.165, 1.54) is 27.7 Å². The number of carbonyl (C=O) groups excluding carboxylic acids is 1. The summed E-state index contributed by atoms with van der Waals surface area (Å²) < 4.78 is 8.13. The number of benzene rings is 2. The van der Waals surface area contributed by atoms with Crippen LogP contribution in [0.15, 0.2) is 47.5 Å². The van der Waals surface area contributed by atoms with Crippen molar-refractivity contribution in [3.63, 3.8) is 0 Å². The van der Waals surface area contributed by atoms with Crippen LogP contribution in [0.1, 0.15) is 66.7 Å². The van der Waals surface area contributed by atoms with Crippen molar-refractivity contribution in [2.24, 2.45) is 10.9 Å². The Labute approximate surface area is 219 Å². The summed E-state index contributed by atoms with van der Waals surface area (Å²) >= 11 is 0. The molecule has 2 aromatic carbocycles. The third-order valence-electron chi connectivity index (χ3n) is 8.43. The Balaban J connectivity index is 1.36. The van der Waals surface area contributed by atoms with Gasteiger partial charge in [-0.1, -0.05) is 19.1 Å². The van der Waals surface area contributed by atoms with Crippen LogP contribution in [0.2, 0.25) is 0 Å². The Hall–Kier alpha value is -3.12. The van der Waals surface area contributed by atoms with Gasteiger partial charge in [0, 0.05) is 67.5 Å². The minimum atomic E-state index is 0.176. The number of fused-ring (bicyclic) bond motifs is 3. The molecule has 0 spiro atoms. The average Bonchev–Trinajstić information content (AvgIpc) is 3.57. The summed E-state index contributed by atoms with van der Waals surface area (Å²) in [5, 5.41) is 1.23. The van der Waals surface area contributed by atoms with E-state index >= 15 is 0 Å². The topological polar surface area (TPSA) is 50.1 Å². The first-order chi connectivity index (χ1) is 18.1. The zero-order chi connectivity index (χ0) is 25.4. The Morgan fingerprint density at radius 2 is 1.86 bits per heavy atom. The number of hydrogen-bond donors (Lipinski definition) is 0. The number of carbonyl (C=O) groups is 1. The monoisotopic (exact) mass is 498 g/mol. The summed E-state index contributed by atoms with van der Waals surface area (Å²) in [5.74, 6) is 1.79. The maximum atomic E-state index is 13.5. The molecule has 1 saturated heterocycles. The van der Waals surface area contributed by atoms with E-state index in [0.717, 1.165) is 76.1 Å². The van der Waals surface area contributed by atoms with Gasteiger partial charge in [-0.2, -0.15) is 0 Å². The van der Waals surface area contributed by atoms with Crippen LogP contribution in [0.4, 0.5) is 0 Å². The zero-order valence-electron chi connectivity index (χ0n) is 22.2. The molecule has 194 valence electrons. The SMILES string of the molecule is CCOc1ccc(Cn2c3c(c4cc(C(=O)N5CCC(C)CC5)ccc42)CN(C2CCC=N2)CC3)cc1. The fourth-order valence-corrected chi connectivity index (χ4v) is 6.24. The molecule has 4 heterocycles. The van der Waals surface area contributed by atoms with E-state index in [9.17, 15) is 4.79 Å². The molecule has 3 aromatic rings. The molecule has 0 aliphatic carbocycles. The largest absolute Gasteiger partial charge is 0.494 e. The number of nitrogens with zero attached hydrogens (tertiary/aromatic N) is 4. The Kier molecular flexibility index (Phi) is 6.76. The van der Waals surface area contributed by atoms with Gasteiger partial charge >= 0.3 is 0 Å². The number of ether oxygens (including phenoxy) is 1. The normalized spacial score (nSPS) is 20.5. The van der Waals surface area contributed by atoms with Crippen molar-refractivity contribution in [3.05, 3.63) is 64.8 Å². The number of aliphatic imine (C=N–C) groups is 1. The maximum absolute atomic E-state index is 13.5. The minimum Gasteiger partial charge on any atom is -0.494 e. The first-order valence-corrected chi connectivity index (χ1v) is 14.0. The number of rotatable bonds is 6. The predicted octanol–water partition coefficient (Wildman–Crippen LogP) is 5.51. The van der Waals surface area contributed by atoms with Gasteiger partial charge in [-0.05, 0) is 80.0 Å². The van der Waals surface area contributed by atoms with Crippen molar-refractivity contribution in [3.8, 4) is 5.75 Å². The molecule has 1 amide bonds. The van der Waals surface area contributed by atoms with Crippen LogP contribution in [0.25, 0.3) is 10.9 Å². The molecule has 0 N–H and O–H groups in total. The minimum absolute atomic E-state index is 0.176. The average molecular weight is 499 g/mol. The maximum Gasteiger partial charge on any atom is 0.253 e. The van der Waals surface area contributed by atoms with Gasteiger partial charge < -0.3 is 14.2 Å². The summed E-state index contributed by atoms with van der Waals surface area (Å²) in [6, 6.07) is 14.9. The van der Waals surface area contributed by atoms with Crippen molar-refractivity contribution in [2.45, 2.75) is 65.2 Å². The molecule has 0 saturated carbocycles. The van der Waals surface area contributed by atoms with Crippen LogP contribution in [-0.2, 0) is 19.5 Å². The molecular formula is C31H38N4O2. The fourth-order valence-electron chi connectivity index (χ4n) is 6.24. The highest BCUT2D eigenvalue weighted by Crippen LogP contribution is 2.34. The summed E-state index contributed by atoms with van der Waals surface area (Å²) in [6.07, 6.45) is 7.74. The number of amides is 1. The van der Waals surface area contributed by atoms with Gasteiger partial charge in [-0.25, -0.2) is 0 Å². The van der Waals surface area contributed by atoms with E-state index in [0.29, 0.717) is 12.5 Å². The molecule has 3 aliphatic heterocycles. The van der Waals surface area contributed by atoms with Gasteiger partial charge in [0.15, 0.2) is 0 Å². The van der Waals surface area contributed by atoms with E-state index in [1.807, 2.05) is 17.9 Å². The second-order valence-electron chi connectivity index (χ2n) is 10.9. The highest BCUT2D eigenvalue weighted by Gasteiger charge is 2.30. The standard InChI is InChI=1S/C31H38N4O2/c1-3-37-25-9-6-23(7-10-25)20-35-28-11-8-24(31(36)33-16-12-22(2)13-17-33)19-26(28)27-21-34(18-14-29(27)35)30-5-4-15-32-30/h6-11,15,19,22,30H,3-5,12-14,16-18,20-21H2,1-2H3. The summed E-state index contributed by atoms with van der Waals surface area (Å²) in [5.41, 5.74) is 6.07. The molecule has 6 rings (SSSR count). The van der Waals surface area contributed by atoms with Crippen molar-refractivity contribution in [2.75, 3.05) is 26.2 Å². The third kappa shape index (κ3) is 4.79. The van der Waals surface area contributed by atoms with Crippen LogP contribution in [0, 0.1) is 5.92 Å². The third-order valence-corrected chi connectivity index (χ3v) is 8.43. The van der Waals surface area contributed by atoms with Crippen LogP contribution < -0.4 is 4.74 Å². The Bertz CT molecular complexity index is 1300. The molecule has 1 aromatic heterocycles. The summed E-state index contributed by atoms with van der Waals surface area (Å²) in [4.78, 5) is 22.8. The molecule has 1 atom stereocenters. The van der Waals surface area contributed by atoms with E-state index < -0.39 is 0 Å². The van der Waals surface area contributed by atoms with E-state index in [1.54, 1.807) is 0 Å². The fraction of sp³-hybridized carbons (Fsp3) is 0.484. The Morgan fingerprint density at radius 1 is 1.05 bits per heavy atom. The lowest BCUT2D eigenvalue weighted by Gasteiger charge is -2.31. The first-order valence-electron chi connectivity index (χ1n) is 14.0. The first kappa shape index (κ1) is 24.2. The molecule has 1 fully saturated rings. The van der Waals surface area contributed by atoms with Crippen molar-refractivity contribution in [1.82, 2.24) is 14.4 Å². The van der Waals surface area contributed by atoms with Gasteiger partial charge in [-0.15, -0.1) is 0 Å². The van der Waals surface area contributed by atoms with Gasteiger partial charge in [-0.3, -0.25) is 14.7 Å². The number of hydrogen-bond acceptors (Lipinski definition) is 4. The summed E-state index contributed by atoms with van der Waals surface area (Å²) in [7, 11) is 0. The molecule has 37 heavy (non-hydrogen) atoms. The summed E-state index contributed by atoms with van der Waals surface area (Å²) in [6.45, 7) is 9.43. The Morgan fingerprint density at radius 3 is 2.59 bits per heavy atom. The second kappa shape index (κ2) is 10.3. The van der Waals surface area contributed by atoms with Crippen molar-refractivity contribution >= 4 is 23.0 Å². The molecule has 6 nitrogen and oxygen atoms in total. The quantitative estimate of drug-likeness (QED) is 0.450. The lowest BCUT2D eigenvalue weighted by molar-refractivity contribution is 0.0697. The number of likely N-dealkylation sites (tertiary alicyclic amines) is 1. The number of piperidine rings is 1. The second-order valence-corrected chi connectivity index (χ2v) is 10.9. The zero-order valence-corrected chi connectivity index (χ0v) is 22.2. The van der Waals surface area contributed by atoms with Gasteiger partial charge in [0.05, 0.1) is 6.61 Å². The number of aromatic nitrogens is 1. The van der Waals surface area contributed by atoms with E-state index in [2.05, 4.69) is 59.0 Å². The molecule has 6 heteroatoms. The predicted molar refractivity (Wildman–Crippen MR) is 149 cm³/mol. The lowest BCUT2D eigenvalue weighted by Crippen LogP contribution is -2.38. The highest BCUT2D eigenvalue weighted by molar-refractivity contribution is 5.99. The highest BCUT2D eigenvalue weighted by atomic mass is 16.5.